The van der Waals surface area contributed by atoms with Crippen molar-refractivity contribution in [3.63, 3.8) is 0 Å². The van der Waals surface area contributed by atoms with Gasteiger partial charge in [0, 0.05) is 36.5 Å². The summed E-state index contributed by atoms with van der Waals surface area (Å²) in [7, 11) is -3.63. The molecule has 0 bridgehead atoms. The minimum absolute atomic E-state index is 0.105. The van der Waals surface area contributed by atoms with Crippen LogP contribution < -0.4 is 5.32 Å². The molecule has 37 heavy (non-hydrogen) atoms. The lowest BCUT2D eigenvalue weighted by atomic mass is 10.1. The Morgan fingerprint density at radius 3 is 2.32 bits per heavy atom. The van der Waals surface area contributed by atoms with E-state index in [2.05, 4.69) is 5.32 Å². The molecule has 1 aromatic heterocycles. The maximum Gasteiger partial charge on any atom is 0.248 e. The summed E-state index contributed by atoms with van der Waals surface area (Å²) in [5, 5.41) is 7.71. The van der Waals surface area contributed by atoms with Gasteiger partial charge in [-0.2, -0.15) is 9.40 Å². The number of sulfonamides is 1. The summed E-state index contributed by atoms with van der Waals surface area (Å²) >= 11 is 6.28. The van der Waals surface area contributed by atoms with E-state index in [9.17, 15) is 13.2 Å². The van der Waals surface area contributed by atoms with E-state index in [-0.39, 0.29) is 15.6 Å². The van der Waals surface area contributed by atoms with Gasteiger partial charge >= 0.3 is 0 Å². The van der Waals surface area contributed by atoms with E-state index in [1.807, 2.05) is 66.9 Å². The fourth-order valence-electron chi connectivity index (χ4n) is 4.22. The van der Waals surface area contributed by atoms with Crippen molar-refractivity contribution in [3.05, 3.63) is 102 Å². The number of hydrogen-bond acceptors (Lipinski definition) is 4. The van der Waals surface area contributed by atoms with Crippen LogP contribution in [0.4, 0.5) is 5.69 Å². The van der Waals surface area contributed by atoms with Gasteiger partial charge in [-0.3, -0.25) is 4.79 Å². The van der Waals surface area contributed by atoms with Crippen molar-refractivity contribution in [1.82, 2.24) is 14.1 Å². The number of halogens is 1. The van der Waals surface area contributed by atoms with Gasteiger partial charge in [0.05, 0.1) is 27.0 Å². The lowest BCUT2D eigenvalue weighted by Crippen LogP contribution is -2.27. The first-order chi connectivity index (χ1) is 17.9. The molecular weight excluding hydrogens is 508 g/mol. The number of amides is 1. The second kappa shape index (κ2) is 10.7. The molecule has 9 heteroatoms. The lowest BCUT2D eigenvalue weighted by molar-refractivity contribution is -0.111. The standard InChI is InChI=1S/C28H25ClN4O3S/c29-25-15-14-24(37(35,36)32-17-7-8-18-32)19-26(25)30-27(34)16-13-22-20-33(23-11-5-2-6-12-23)31-28(22)21-9-3-1-4-10-21/h1-6,9-16,19-20H,7-8,17-18H2,(H,30,34)/b16-13+. The van der Waals surface area contributed by atoms with Crippen LogP contribution in [0.5, 0.6) is 0 Å². The number of carbonyl (C=O) groups excluding carboxylic acids is 1. The second-order valence-corrected chi connectivity index (χ2v) is 11.0. The Hall–Kier alpha value is -3.72. The summed E-state index contributed by atoms with van der Waals surface area (Å²) in [6.07, 6.45) is 6.61. The summed E-state index contributed by atoms with van der Waals surface area (Å²) < 4.78 is 29.1. The third kappa shape index (κ3) is 5.51. The number of hydrogen-bond donors (Lipinski definition) is 1. The van der Waals surface area contributed by atoms with Crippen molar-refractivity contribution in [2.24, 2.45) is 0 Å². The molecule has 0 spiro atoms. The van der Waals surface area contributed by atoms with Gasteiger partial charge < -0.3 is 5.32 Å². The fourth-order valence-corrected chi connectivity index (χ4v) is 5.93. The predicted molar refractivity (Wildman–Crippen MR) is 146 cm³/mol. The van der Waals surface area contributed by atoms with E-state index in [1.54, 1.807) is 10.8 Å². The van der Waals surface area contributed by atoms with Gasteiger partial charge in [-0.1, -0.05) is 60.1 Å². The number of anilines is 1. The minimum Gasteiger partial charge on any atom is -0.321 e. The van der Waals surface area contributed by atoms with Crippen molar-refractivity contribution in [2.75, 3.05) is 18.4 Å². The topological polar surface area (TPSA) is 84.3 Å². The first-order valence-corrected chi connectivity index (χ1v) is 13.7. The van der Waals surface area contributed by atoms with E-state index in [0.29, 0.717) is 13.1 Å². The summed E-state index contributed by atoms with van der Waals surface area (Å²) in [6.45, 7) is 0.992. The summed E-state index contributed by atoms with van der Waals surface area (Å²) in [6, 6.07) is 23.8. The average Bonchev–Trinajstić information content (AvgIpc) is 3.61. The Morgan fingerprint density at radius 1 is 0.946 bits per heavy atom. The van der Waals surface area contributed by atoms with Gasteiger partial charge in [0.25, 0.3) is 0 Å². The molecule has 1 amide bonds. The molecule has 1 aliphatic rings. The highest BCUT2D eigenvalue weighted by Gasteiger charge is 2.27. The molecule has 2 heterocycles. The SMILES string of the molecule is O=C(/C=C/c1cn(-c2ccccc2)nc1-c1ccccc1)Nc1cc(S(=O)(=O)N2CCCC2)ccc1Cl. The molecule has 188 valence electrons. The molecule has 1 N–H and O–H groups in total. The summed E-state index contributed by atoms with van der Waals surface area (Å²) in [5.74, 6) is -0.441. The predicted octanol–water partition coefficient (Wildman–Crippen LogP) is 5.63. The normalized spacial score (nSPS) is 14.3. The molecule has 4 aromatic rings. The molecule has 0 radical (unpaired) electrons. The first-order valence-electron chi connectivity index (χ1n) is 11.9. The number of carbonyl (C=O) groups is 1. The molecule has 1 aliphatic heterocycles. The molecule has 1 saturated heterocycles. The van der Waals surface area contributed by atoms with E-state index >= 15 is 0 Å². The van der Waals surface area contributed by atoms with E-state index in [1.165, 1.54) is 28.6 Å². The van der Waals surface area contributed by atoms with Crippen LogP contribution >= 0.6 is 11.6 Å². The Balaban J connectivity index is 1.40. The van der Waals surface area contributed by atoms with Gasteiger partial charge in [0.2, 0.25) is 15.9 Å². The minimum atomic E-state index is -3.63. The zero-order chi connectivity index (χ0) is 25.8. The van der Waals surface area contributed by atoms with Gasteiger partial charge in [0.15, 0.2) is 0 Å². The molecule has 0 atom stereocenters. The monoisotopic (exact) mass is 532 g/mol. The van der Waals surface area contributed by atoms with Crippen LogP contribution in [0.1, 0.15) is 18.4 Å². The lowest BCUT2D eigenvalue weighted by Gasteiger charge is -2.16. The number of benzene rings is 3. The van der Waals surface area contributed by atoms with Gasteiger partial charge in [-0.15, -0.1) is 0 Å². The van der Waals surface area contributed by atoms with Crippen molar-refractivity contribution >= 4 is 39.3 Å². The van der Waals surface area contributed by atoms with E-state index < -0.39 is 15.9 Å². The van der Waals surface area contributed by atoms with Crippen molar-refractivity contribution in [3.8, 4) is 16.9 Å². The molecule has 0 unspecified atom stereocenters. The Bertz CT molecular complexity index is 1550. The van der Waals surface area contributed by atoms with Crippen LogP contribution in [0.15, 0.2) is 96.0 Å². The Kier molecular flexibility index (Phi) is 7.23. The zero-order valence-corrected chi connectivity index (χ0v) is 21.5. The van der Waals surface area contributed by atoms with Gasteiger partial charge in [0.1, 0.15) is 0 Å². The third-order valence-corrected chi connectivity index (χ3v) is 8.35. The van der Waals surface area contributed by atoms with Gasteiger partial charge in [-0.05, 0) is 49.2 Å². The van der Waals surface area contributed by atoms with Crippen LogP contribution in [0, 0.1) is 0 Å². The zero-order valence-electron chi connectivity index (χ0n) is 19.9. The maximum atomic E-state index is 12.9. The van der Waals surface area contributed by atoms with E-state index in [0.717, 1.165) is 35.3 Å². The van der Waals surface area contributed by atoms with Crippen LogP contribution in [-0.4, -0.2) is 41.5 Å². The van der Waals surface area contributed by atoms with Crippen molar-refractivity contribution in [2.45, 2.75) is 17.7 Å². The smallest absolute Gasteiger partial charge is 0.248 e. The number of para-hydroxylation sites is 1. The summed E-state index contributed by atoms with van der Waals surface area (Å²) in [4.78, 5) is 12.9. The van der Waals surface area contributed by atoms with E-state index in [4.69, 9.17) is 16.7 Å². The van der Waals surface area contributed by atoms with Gasteiger partial charge in [-0.25, -0.2) is 13.1 Å². The molecular formula is C28H25ClN4O3S. The number of rotatable bonds is 7. The third-order valence-electron chi connectivity index (χ3n) is 6.12. The fraction of sp³-hybridized carbons (Fsp3) is 0.143. The quantitative estimate of drug-likeness (QED) is 0.313. The maximum absolute atomic E-state index is 12.9. The molecule has 0 saturated carbocycles. The van der Waals surface area contributed by atoms with Crippen molar-refractivity contribution in [1.29, 1.82) is 0 Å². The van der Waals surface area contributed by atoms with Crippen LogP contribution in [0.3, 0.4) is 0 Å². The Morgan fingerprint density at radius 2 is 1.62 bits per heavy atom. The molecule has 3 aromatic carbocycles. The Labute approximate surface area is 221 Å². The number of aromatic nitrogens is 2. The van der Waals surface area contributed by atoms with Crippen molar-refractivity contribution < 1.29 is 13.2 Å². The van der Waals surface area contributed by atoms with Crippen LogP contribution in [0.2, 0.25) is 5.02 Å². The number of nitrogens with one attached hydrogen (secondary N) is 1. The average molecular weight is 533 g/mol. The molecule has 7 nitrogen and oxygen atoms in total. The van der Waals surface area contributed by atoms with Crippen LogP contribution in [-0.2, 0) is 14.8 Å². The second-order valence-electron chi connectivity index (χ2n) is 8.65. The highest BCUT2D eigenvalue weighted by Crippen LogP contribution is 2.29. The highest BCUT2D eigenvalue weighted by molar-refractivity contribution is 7.89. The molecule has 0 aliphatic carbocycles. The molecule has 1 fully saturated rings. The largest absolute Gasteiger partial charge is 0.321 e. The first kappa shape index (κ1) is 25.0. The molecule has 5 rings (SSSR count). The highest BCUT2D eigenvalue weighted by atomic mass is 35.5. The van der Waals surface area contributed by atoms with Crippen LogP contribution in [0.25, 0.3) is 23.0 Å². The summed E-state index contributed by atoms with van der Waals surface area (Å²) in [5.41, 5.74) is 3.53. The number of nitrogens with zero attached hydrogens (tertiary/aromatic N) is 3.